The molecule has 1 aliphatic heterocycles. The Morgan fingerprint density at radius 2 is 1.96 bits per heavy atom. The number of nitrogens with one attached hydrogen (secondary N) is 1. The number of hydrogen-bond acceptors (Lipinski definition) is 3. The lowest BCUT2D eigenvalue weighted by molar-refractivity contribution is -0.114. The Kier molecular flexibility index (Phi) is 4.51. The first kappa shape index (κ1) is 16.1. The molecule has 124 valence electrons. The van der Waals surface area contributed by atoms with E-state index < -0.39 is 0 Å². The molecule has 0 fully saturated rings. The van der Waals surface area contributed by atoms with E-state index in [1.54, 1.807) is 36.2 Å². The van der Waals surface area contributed by atoms with E-state index in [4.69, 9.17) is 4.74 Å². The molecule has 2 amide bonds. The molecule has 24 heavy (non-hydrogen) atoms. The van der Waals surface area contributed by atoms with Crippen LogP contribution in [0.25, 0.3) is 0 Å². The lowest BCUT2D eigenvalue weighted by Crippen LogP contribution is -2.34. The first-order valence-corrected chi connectivity index (χ1v) is 7.93. The van der Waals surface area contributed by atoms with Crippen LogP contribution in [0.5, 0.6) is 5.75 Å². The highest BCUT2D eigenvalue weighted by Crippen LogP contribution is 2.35. The smallest absolute Gasteiger partial charge is 0.254 e. The molecule has 0 aliphatic carbocycles. The Hall–Kier alpha value is -2.82. The number of anilines is 1. The standard InChI is InChI=1S/C19H20N2O3/c1-13(22)20-15-7-5-6-14(12-15)19(23)21(2)17-10-11-24-18-9-4-3-8-16(17)18/h3-9,12,17H,10-11H2,1-2H3,(H,20,22). The third-order valence-electron chi connectivity index (χ3n) is 4.14. The molecule has 0 aromatic heterocycles. The van der Waals surface area contributed by atoms with Gasteiger partial charge in [0.2, 0.25) is 5.91 Å². The summed E-state index contributed by atoms with van der Waals surface area (Å²) in [5.74, 6) is 0.593. The molecule has 0 radical (unpaired) electrons. The summed E-state index contributed by atoms with van der Waals surface area (Å²) < 4.78 is 5.67. The van der Waals surface area contributed by atoms with Crippen LogP contribution < -0.4 is 10.1 Å². The van der Waals surface area contributed by atoms with Crippen molar-refractivity contribution in [1.82, 2.24) is 4.90 Å². The lowest BCUT2D eigenvalue weighted by Gasteiger charge is -2.33. The van der Waals surface area contributed by atoms with Gasteiger partial charge in [-0.2, -0.15) is 0 Å². The minimum absolute atomic E-state index is 0.0214. The van der Waals surface area contributed by atoms with Crippen LogP contribution in [0, 0.1) is 0 Å². The fraction of sp³-hybridized carbons (Fsp3) is 0.263. The van der Waals surface area contributed by atoms with Crippen molar-refractivity contribution in [2.45, 2.75) is 19.4 Å². The second-order valence-electron chi connectivity index (χ2n) is 5.87. The Labute approximate surface area is 141 Å². The zero-order valence-electron chi connectivity index (χ0n) is 13.8. The molecule has 0 spiro atoms. The highest BCUT2D eigenvalue weighted by atomic mass is 16.5. The largest absolute Gasteiger partial charge is 0.493 e. The highest BCUT2D eigenvalue weighted by Gasteiger charge is 2.28. The number of para-hydroxylation sites is 1. The number of nitrogens with zero attached hydrogens (tertiary/aromatic N) is 1. The SMILES string of the molecule is CC(=O)Nc1cccc(C(=O)N(C)C2CCOc3ccccc32)c1. The topological polar surface area (TPSA) is 58.6 Å². The summed E-state index contributed by atoms with van der Waals surface area (Å²) in [6.45, 7) is 2.03. The van der Waals surface area contributed by atoms with Crippen LogP contribution in [0.1, 0.15) is 35.3 Å². The normalized spacial score (nSPS) is 15.8. The number of hydrogen-bond donors (Lipinski definition) is 1. The molecule has 3 rings (SSSR count). The van der Waals surface area contributed by atoms with Gasteiger partial charge in [-0.25, -0.2) is 0 Å². The van der Waals surface area contributed by atoms with E-state index >= 15 is 0 Å². The van der Waals surface area contributed by atoms with Crippen molar-refractivity contribution in [3.8, 4) is 5.75 Å². The second kappa shape index (κ2) is 6.74. The van der Waals surface area contributed by atoms with Gasteiger partial charge in [-0.05, 0) is 24.3 Å². The Morgan fingerprint density at radius 3 is 2.75 bits per heavy atom. The molecule has 1 N–H and O–H groups in total. The maximum absolute atomic E-state index is 12.9. The molecule has 1 aliphatic rings. The number of fused-ring (bicyclic) bond motifs is 1. The van der Waals surface area contributed by atoms with E-state index in [0.717, 1.165) is 17.7 Å². The van der Waals surface area contributed by atoms with E-state index in [0.29, 0.717) is 17.9 Å². The van der Waals surface area contributed by atoms with Gasteiger partial charge in [-0.15, -0.1) is 0 Å². The van der Waals surface area contributed by atoms with Crippen molar-refractivity contribution in [3.63, 3.8) is 0 Å². The first-order valence-electron chi connectivity index (χ1n) is 7.93. The first-order chi connectivity index (χ1) is 11.6. The maximum atomic E-state index is 12.9. The quantitative estimate of drug-likeness (QED) is 0.943. The summed E-state index contributed by atoms with van der Waals surface area (Å²) in [6.07, 6.45) is 0.755. The van der Waals surface area contributed by atoms with Crippen LogP contribution >= 0.6 is 0 Å². The number of carbonyl (C=O) groups excluding carboxylic acids is 2. The molecule has 2 aromatic carbocycles. The molecule has 0 bridgehead atoms. The average Bonchev–Trinajstić information content (AvgIpc) is 2.59. The number of carbonyl (C=O) groups is 2. The van der Waals surface area contributed by atoms with Crippen molar-refractivity contribution < 1.29 is 14.3 Å². The van der Waals surface area contributed by atoms with Gasteiger partial charge < -0.3 is 15.0 Å². The summed E-state index contributed by atoms with van der Waals surface area (Å²) in [5, 5.41) is 2.70. The third kappa shape index (κ3) is 3.25. The Bertz CT molecular complexity index is 773. The lowest BCUT2D eigenvalue weighted by atomic mass is 9.98. The van der Waals surface area contributed by atoms with Crippen molar-refractivity contribution >= 4 is 17.5 Å². The van der Waals surface area contributed by atoms with Gasteiger partial charge in [0.15, 0.2) is 0 Å². The Morgan fingerprint density at radius 1 is 1.17 bits per heavy atom. The van der Waals surface area contributed by atoms with Gasteiger partial charge in [0.1, 0.15) is 5.75 Å². The maximum Gasteiger partial charge on any atom is 0.254 e. The summed E-state index contributed by atoms with van der Waals surface area (Å²) in [5.41, 5.74) is 2.19. The highest BCUT2D eigenvalue weighted by molar-refractivity contribution is 5.97. The molecule has 1 heterocycles. The van der Waals surface area contributed by atoms with Crippen LogP contribution in [-0.4, -0.2) is 30.4 Å². The number of rotatable bonds is 3. The fourth-order valence-corrected chi connectivity index (χ4v) is 3.00. The van der Waals surface area contributed by atoms with Crippen molar-refractivity contribution in [1.29, 1.82) is 0 Å². The molecule has 1 atom stereocenters. The van der Waals surface area contributed by atoms with Crippen molar-refractivity contribution in [2.24, 2.45) is 0 Å². The number of ether oxygens (including phenoxy) is 1. The molecule has 0 saturated heterocycles. The van der Waals surface area contributed by atoms with Gasteiger partial charge in [0.25, 0.3) is 5.91 Å². The molecule has 5 nitrogen and oxygen atoms in total. The van der Waals surface area contributed by atoms with E-state index in [-0.39, 0.29) is 17.9 Å². The predicted molar refractivity (Wildman–Crippen MR) is 92.1 cm³/mol. The predicted octanol–water partition coefficient (Wildman–Crippen LogP) is 3.24. The van der Waals surface area contributed by atoms with Gasteiger partial charge >= 0.3 is 0 Å². The van der Waals surface area contributed by atoms with E-state index in [1.165, 1.54) is 6.92 Å². The van der Waals surface area contributed by atoms with E-state index in [1.807, 2.05) is 24.3 Å². The molecule has 0 saturated carbocycles. The third-order valence-corrected chi connectivity index (χ3v) is 4.14. The molecule has 1 unspecified atom stereocenters. The van der Waals surface area contributed by atoms with Gasteiger partial charge in [-0.1, -0.05) is 24.3 Å². The zero-order chi connectivity index (χ0) is 17.1. The van der Waals surface area contributed by atoms with Gasteiger partial charge in [0.05, 0.1) is 12.6 Å². The number of amides is 2. The van der Waals surface area contributed by atoms with E-state index in [9.17, 15) is 9.59 Å². The van der Waals surface area contributed by atoms with Crippen LogP contribution in [0.2, 0.25) is 0 Å². The van der Waals surface area contributed by atoms with Crippen LogP contribution in [0.3, 0.4) is 0 Å². The van der Waals surface area contributed by atoms with Crippen LogP contribution in [-0.2, 0) is 4.79 Å². The van der Waals surface area contributed by atoms with Crippen molar-refractivity contribution in [2.75, 3.05) is 19.0 Å². The average molecular weight is 324 g/mol. The summed E-state index contributed by atoms with van der Waals surface area (Å²) in [7, 11) is 1.81. The second-order valence-corrected chi connectivity index (χ2v) is 5.87. The molecule has 2 aromatic rings. The molecule has 5 heteroatoms. The molecular formula is C19H20N2O3. The van der Waals surface area contributed by atoms with Crippen LogP contribution in [0.15, 0.2) is 48.5 Å². The zero-order valence-corrected chi connectivity index (χ0v) is 13.8. The fourth-order valence-electron chi connectivity index (χ4n) is 3.00. The van der Waals surface area contributed by atoms with Gasteiger partial charge in [0, 0.05) is 37.2 Å². The monoisotopic (exact) mass is 324 g/mol. The Balaban J connectivity index is 1.84. The van der Waals surface area contributed by atoms with Crippen LogP contribution in [0.4, 0.5) is 5.69 Å². The minimum atomic E-state index is -0.161. The van der Waals surface area contributed by atoms with E-state index in [2.05, 4.69) is 5.32 Å². The van der Waals surface area contributed by atoms with Crippen molar-refractivity contribution in [3.05, 3.63) is 59.7 Å². The van der Waals surface area contributed by atoms with Gasteiger partial charge in [-0.3, -0.25) is 9.59 Å². The molecular weight excluding hydrogens is 304 g/mol. The minimum Gasteiger partial charge on any atom is -0.493 e. The summed E-state index contributed by atoms with van der Waals surface area (Å²) in [4.78, 5) is 25.8. The summed E-state index contributed by atoms with van der Waals surface area (Å²) in [6, 6.07) is 14.8. The summed E-state index contributed by atoms with van der Waals surface area (Å²) >= 11 is 0. The number of benzene rings is 2.